The van der Waals surface area contributed by atoms with Gasteiger partial charge in [0, 0.05) is 25.1 Å². The van der Waals surface area contributed by atoms with E-state index in [1.165, 1.54) is 14.0 Å². The van der Waals surface area contributed by atoms with E-state index in [-0.39, 0.29) is 5.91 Å². The number of esters is 1. The maximum absolute atomic E-state index is 12.5. The molecule has 0 aliphatic carbocycles. The summed E-state index contributed by atoms with van der Waals surface area (Å²) in [4.78, 5) is 25.2. The topological polar surface area (TPSA) is 55.8 Å². The molecule has 5 heteroatoms. The van der Waals surface area contributed by atoms with Gasteiger partial charge in [0.1, 0.15) is 0 Å². The molecule has 1 amide bonds. The Morgan fingerprint density at radius 2 is 1.88 bits per heavy atom. The summed E-state index contributed by atoms with van der Waals surface area (Å²) in [6.07, 6.45) is 1.81. The van der Waals surface area contributed by atoms with E-state index in [9.17, 15) is 9.59 Å². The van der Waals surface area contributed by atoms with Crippen LogP contribution in [-0.4, -0.2) is 26.0 Å². The Hall–Kier alpha value is -3.08. The van der Waals surface area contributed by atoms with E-state index in [2.05, 4.69) is 0 Å². The van der Waals surface area contributed by atoms with Crippen LogP contribution in [0.2, 0.25) is 0 Å². The Morgan fingerprint density at radius 3 is 2.58 bits per heavy atom. The van der Waals surface area contributed by atoms with Gasteiger partial charge in [-0.15, -0.1) is 0 Å². The van der Waals surface area contributed by atoms with Crippen molar-refractivity contribution >= 4 is 29.2 Å². The summed E-state index contributed by atoms with van der Waals surface area (Å²) in [5, 5.41) is 0. The van der Waals surface area contributed by atoms with Crippen LogP contribution in [0.15, 0.2) is 42.5 Å². The third kappa shape index (κ3) is 2.76. The second-order valence-electron chi connectivity index (χ2n) is 5.44. The molecule has 3 rings (SSSR count). The second kappa shape index (κ2) is 6.20. The molecule has 0 unspecified atom stereocenters. The van der Waals surface area contributed by atoms with E-state index in [4.69, 9.17) is 9.47 Å². The fourth-order valence-electron chi connectivity index (χ4n) is 2.72. The SMILES string of the molecule is COc1cc(C=C2C(=O)N(C)c3ccccc32)ccc1OC(C)=O. The summed E-state index contributed by atoms with van der Waals surface area (Å²) >= 11 is 0. The van der Waals surface area contributed by atoms with Crippen LogP contribution >= 0.6 is 0 Å². The van der Waals surface area contributed by atoms with Gasteiger partial charge in [0.25, 0.3) is 5.91 Å². The van der Waals surface area contributed by atoms with Crippen molar-refractivity contribution in [2.45, 2.75) is 6.92 Å². The smallest absolute Gasteiger partial charge is 0.308 e. The van der Waals surface area contributed by atoms with Gasteiger partial charge in [-0.3, -0.25) is 9.59 Å². The highest BCUT2D eigenvalue weighted by Crippen LogP contribution is 2.37. The summed E-state index contributed by atoms with van der Waals surface area (Å²) in [6, 6.07) is 12.8. The monoisotopic (exact) mass is 323 g/mol. The zero-order valence-electron chi connectivity index (χ0n) is 13.7. The largest absolute Gasteiger partial charge is 0.493 e. The van der Waals surface area contributed by atoms with Crippen LogP contribution in [0.1, 0.15) is 18.1 Å². The first-order valence-electron chi connectivity index (χ1n) is 7.47. The van der Waals surface area contributed by atoms with Crippen molar-refractivity contribution < 1.29 is 19.1 Å². The molecule has 1 aliphatic rings. The lowest BCUT2D eigenvalue weighted by molar-refractivity contribution is -0.132. The van der Waals surface area contributed by atoms with E-state index in [0.29, 0.717) is 17.1 Å². The van der Waals surface area contributed by atoms with Gasteiger partial charge in [-0.2, -0.15) is 0 Å². The quantitative estimate of drug-likeness (QED) is 0.495. The van der Waals surface area contributed by atoms with Crippen LogP contribution in [-0.2, 0) is 9.59 Å². The summed E-state index contributed by atoms with van der Waals surface area (Å²) in [5.74, 6) is 0.314. The number of nitrogens with zero attached hydrogens (tertiary/aromatic N) is 1. The van der Waals surface area contributed by atoms with Crippen LogP contribution < -0.4 is 14.4 Å². The van der Waals surface area contributed by atoms with Crippen molar-refractivity contribution in [3.8, 4) is 11.5 Å². The van der Waals surface area contributed by atoms with Crippen LogP contribution in [0.4, 0.5) is 5.69 Å². The number of amides is 1. The number of ether oxygens (including phenoxy) is 2. The van der Waals surface area contributed by atoms with Crippen molar-refractivity contribution in [1.82, 2.24) is 0 Å². The number of carbonyl (C=O) groups is 2. The van der Waals surface area contributed by atoms with E-state index in [1.54, 1.807) is 30.1 Å². The molecular weight excluding hydrogens is 306 g/mol. The zero-order valence-corrected chi connectivity index (χ0v) is 13.7. The van der Waals surface area contributed by atoms with E-state index in [0.717, 1.165) is 16.8 Å². The molecule has 0 bridgehead atoms. The van der Waals surface area contributed by atoms with Crippen molar-refractivity contribution in [1.29, 1.82) is 0 Å². The van der Waals surface area contributed by atoms with Gasteiger partial charge in [-0.1, -0.05) is 24.3 Å². The van der Waals surface area contributed by atoms with Gasteiger partial charge < -0.3 is 14.4 Å². The minimum absolute atomic E-state index is 0.0563. The normalized spacial score (nSPS) is 14.7. The van der Waals surface area contributed by atoms with Crippen molar-refractivity contribution in [2.75, 3.05) is 19.1 Å². The highest BCUT2D eigenvalue weighted by Gasteiger charge is 2.29. The van der Waals surface area contributed by atoms with E-state index in [1.807, 2.05) is 30.3 Å². The number of rotatable bonds is 3. The van der Waals surface area contributed by atoms with E-state index < -0.39 is 5.97 Å². The molecule has 2 aromatic rings. The molecule has 24 heavy (non-hydrogen) atoms. The molecule has 2 aromatic carbocycles. The molecule has 0 radical (unpaired) electrons. The fourth-order valence-corrected chi connectivity index (χ4v) is 2.72. The maximum Gasteiger partial charge on any atom is 0.308 e. The number of benzene rings is 2. The Morgan fingerprint density at radius 1 is 1.12 bits per heavy atom. The molecule has 0 saturated heterocycles. The van der Waals surface area contributed by atoms with Crippen molar-refractivity contribution in [3.05, 3.63) is 53.6 Å². The van der Waals surface area contributed by atoms with Gasteiger partial charge in [0.15, 0.2) is 11.5 Å². The summed E-state index contributed by atoms with van der Waals surface area (Å²) < 4.78 is 10.4. The number of anilines is 1. The zero-order chi connectivity index (χ0) is 17.3. The highest BCUT2D eigenvalue weighted by molar-refractivity contribution is 6.35. The number of methoxy groups -OCH3 is 1. The molecule has 0 atom stereocenters. The number of para-hydroxylation sites is 1. The lowest BCUT2D eigenvalue weighted by Crippen LogP contribution is -2.20. The molecule has 0 N–H and O–H groups in total. The molecule has 1 aliphatic heterocycles. The molecule has 5 nitrogen and oxygen atoms in total. The molecular formula is C19H17NO4. The fraction of sp³-hybridized carbons (Fsp3) is 0.158. The Bertz CT molecular complexity index is 854. The first kappa shape index (κ1) is 15.8. The van der Waals surface area contributed by atoms with Gasteiger partial charge in [-0.25, -0.2) is 0 Å². The minimum atomic E-state index is -0.416. The maximum atomic E-state index is 12.5. The third-order valence-corrected chi connectivity index (χ3v) is 3.84. The van der Waals surface area contributed by atoms with Crippen molar-refractivity contribution in [3.63, 3.8) is 0 Å². The first-order valence-corrected chi connectivity index (χ1v) is 7.47. The van der Waals surface area contributed by atoms with Gasteiger partial charge >= 0.3 is 5.97 Å². The lowest BCUT2D eigenvalue weighted by Gasteiger charge is -2.09. The van der Waals surface area contributed by atoms with Gasteiger partial charge in [0.05, 0.1) is 12.8 Å². The van der Waals surface area contributed by atoms with Crippen LogP contribution in [0.3, 0.4) is 0 Å². The van der Waals surface area contributed by atoms with E-state index >= 15 is 0 Å². The first-order chi connectivity index (χ1) is 11.5. The minimum Gasteiger partial charge on any atom is -0.493 e. The summed E-state index contributed by atoms with van der Waals surface area (Å²) in [6.45, 7) is 1.33. The average Bonchev–Trinajstić information content (AvgIpc) is 2.81. The molecule has 0 fully saturated rings. The van der Waals surface area contributed by atoms with Crippen LogP contribution in [0, 0.1) is 0 Å². The molecule has 1 heterocycles. The third-order valence-electron chi connectivity index (χ3n) is 3.84. The standard InChI is InChI=1S/C19H17NO4/c1-12(21)24-17-9-8-13(11-18(17)23-3)10-15-14-6-4-5-7-16(14)20(2)19(15)22/h4-11H,1-3H3. The Balaban J connectivity index is 2.03. The summed E-state index contributed by atoms with van der Waals surface area (Å²) in [7, 11) is 3.26. The Labute approximate surface area is 140 Å². The predicted octanol–water partition coefficient (Wildman–Crippen LogP) is 3.14. The highest BCUT2D eigenvalue weighted by atomic mass is 16.6. The molecule has 122 valence electrons. The number of carbonyl (C=O) groups excluding carboxylic acids is 2. The number of fused-ring (bicyclic) bond motifs is 1. The molecule has 0 saturated carbocycles. The molecule has 0 aromatic heterocycles. The molecule has 0 spiro atoms. The Kier molecular flexibility index (Phi) is 4.08. The predicted molar refractivity (Wildman–Crippen MR) is 92.0 cm³/mol. The number of hydrogen-bond donors (Lipinski definition) is 0. The summed E-state index contributed by atoms with van der Waals surface area (Å²) in [5.41, 5.74) is 3.19. The van der Waals surface area contributed by atoms with Gasteiger partial charge in [0.2, 0.25) is 0 Å². The average molecular weight is 323 g/mol. The lowest BCUT2D eigenvalue weighted by atomic mass is 10.0. The van der Waals surface area contributed by atoms with Crippen LogP contribution in [0.5, 0.6) is 11.5 Å². The number of hydrogen-bond acceptors (Lipinski definition) is 4. The van der Waals surface area contributed by atoms with Gasteiger partial charge in [-0.05, 0) is 29.8 Å². The van der Waals surface area contributed by atoms with Crippen LogP contribution in [0.25, 0.3) is 11.6 Å². The second-order valence-corrected chi connectivity index (χ2v) is 5.44. The number of likely N-dealkylation sites (N-methyl/N-ethyl adjacent to an activating group) is 1. The van der Waals surface area contributed by atoms with Crippen molar-refractivity contribution in [2.24, 2.45) is 0 Å².